The smallest absolute Gasteiger partial charge is 0.256 e. The van der Waals surface area contributed by atoms with E-state index in [2.05, 4.69) is 5.32 Å². The molecule has 160 valence electrons. The number of fused-ring (bicyclic) bond motifs is 2. The molecule has 4 heterocycles. The monoisotopic (exact) mass is 440 g/mol. The second kappa shape index (κ2) is 7.81. The fraction of sp³-hybridized carbons (Fsp3) is 0.364. The van der Waals surface area contributed by atoms with Crippen molar-refractivity contribution in [2.75, 3.05) is 6.79 Å². The lowest BCUT2D eigenvalue weighted by Gasteiger charge is -2.29. The summed E-state index contributed by atoms with van der Waals surface area (Å²) in [6, 6.07) is 4.89. The van der Waals surface area contributed by atoms with Gasteiger partial charge in [0.25, 0.3) is 5.91 Å². The molecule has 0 spiro atoms. The number of carbonyl (C=O) groups is 4. The van der Waals surface area contributed by atoms with Crippen LogP contribution in [0.1, 0.15) is 45.6 Å². The summed E-state index contributed by atoms with van der Waals surface area (Å²) in [7, 11) is 0. The zero-order valence-electron chi connectivity index (χ0n) is 16.6. The molecule has 31 heavy (non-hydrogen) atoms. The minimum absolute atomic E-state index is 0.104. The Morgan fingerprint density at radius 3 is 2.87 bits per heavy atom. The number of nitrogens with one attached hydrogen (secondary N) is 1. The van der Waals surface area contributed by atoms with E-state index in [1.54, 1.807) is 5.38 Å². The average Bonchev–Trinajstić information content (AvgIpc) is 3.43. The summed E-state index contributed by atoms with van der Waals surface area (Å²) in [5, 5.41) is 4.12. The summed E-state index contributed by atoms with van der Waals surface area (Å²) in [4.78, 5) is 51.4. The largest absolute Gasteiger partial charge is 0.454 e. The Balaban J connectivity index is 1.21. The lowest BCUT2D eigenvalue weighted by atomic mass is 10.0. The summed E-state index contributed by atoms with van der Waals surface area (Å²) in [6.45, 7) is 0.542. The minimum atomic E-state index is -0.622. The first-order valence-electron chi connectivity index (χ1n) is 10.1. The number of piperidine rings is 1. The first kappa shape index (κ1) is 19.7. The van der Waals surface area contributed by atoms with Crippen molar-refractivity contribution in [2.45, 2.75) is 44.7 Å². The number of hydrogen-bond acceptors (Lipinski definition) is 7. The first-order chi connectivity index (χ1) is 15.0. The molecule has 0 aliphatic carbocycles. The van der Waals surface area contributed by atoms with Crippen LogP contribution in [0.4, 0.5) is 0 Å². The minimum Gasteiger partial charge on any atom is -0.454 e. The van der Waals surface area contributed by atoms with Gasteiger partial charge in [0.05, 0.1) is 5.56 Å². The maximum absolute atomic E-state index is 12.8. The molecule has 3 amide bonds. The van der Waals surface area contributed by atoms with Gasteiger partial charge >= 0.3 is 0 Å². The van der Waals surface area contributed by atoms with Gasteiger partial charge in [0.15, 0.2) is 11.5 Å². The Kier molecular flexibility index (Phi) is 4.97. The third kappa shape index (κ3) is 3.69. The fourth-order valence-corrected chi connectivity index (χ4v) is 5.27. The lowest BCUT2D eigenvalue weighted by molar-refractivity contribution is -0.137. The Morgan fingerprint density at radius 1 is 1.19 bits per heavy atom. The van der Waals surface area contributed by atoms with Crippen LogP contribution in [0, 0.1) is 0 Å². The molecule has 2 aromatic rings. The number of amides is 3. The SMILES string of the molecule is O=C(CCc1scc2c1CN(C1CCC(=O)NC1=O)C2=O)Cc1ccc2c(c1)OCO2. The molecule has 0 radical (unpaired) electrons. The van der Waals surface area contributed by atoms with Gasteiger partial charge in [-0.15, -0.1) is 11.3 Å². The number of ketones is 1. The highest BCUT2D eigenvalue weighted by molar-refractivity contribution is 7.10. The van der Waals surface area contributed by atoms with E-state index in [4.69, 9.17) is 9.47 Å². The average molecular weight is 440 g/mol. The topological polar surface area (TPSA) is 102 Å². The first-order valence-corrected chi connectivity index (χ1v) is 11.0. The van der Waals surface area contributed by atoms with Crippen LogP contribution in [-0.4, -0.2) is 41.2 Å². The second-order valence-electron chi connectivity index (χ2n) is 7.85. The number of Topliss-reactive ketones (excluding diaryl/α,β-unsaturated/α-hetero) is 1. The molecule has 0 bridgehead atoms. The number of rotatable bonds is 6. The van der Waals surface area contributed by atoms with E-state index in [-0.39, 0.29) is 30.8 Å². The molecule has 0 saturated carbocycles. The van der Waals surface area contributed by atoms with Crippen LogP contribution in [0.5, 0.6) is 11.5 Å². The Morgan fingerprint density at radius 2 is 2.03 bits per heavy atom. The van der Waals surface area contributed by atoms with Crippen LogP contribution >= 0.6 is 11.3 Å². The van der Waals surface area contributed by atoms with Gasteiger partial charge in [0, 0.05) is 36.1 Å². The maximum atomic E-state index is 12.8. The van der Waals surface area contributed by atoms with Crippen molar-refractivity contribution >= 4 is 34.8 Å². The highest BCUT2D eigenvalue weighted by atomic mass is 32.1. The molecule has 1 aromatic heterocycles. The predicted molar refractivity (Wildman–Crippen MR) is 110 cm³/mol. The normalized spacial score (nSPS) is 19.5. The van der Waals surface area contributed by atoms with Crippen molar-refractivity contribution < 1.29 is 28.7 Å². The van der Waals surface area contributed by atoms with Gasteiger partial charge in [-0.2, -0.15) is 0 Å². The van der Waals surface area contributed by atoms with E-state index in [0.29, 0.717) is 49.3 Å². The molecule has 9 heteroatoms. The van der Waals surface area contributed by atoms with E-state index in [9.17, 15) is 19.2 Å². The van der Waals surface area contributed by atoms with Crippen molar-refractivity contribution in [3.8, 4) is 11.5 Å². The van der Waals surface area contributed by atoms with Gasteiger partial charge in [-0.25, -0.2) is 0 Å². The van der Waals surface area contributed by atoms with Crippen LogP contribution in [0.15, 0.2) is 23.6 Å². The molecule has 1 unspecified atom stereocenters. The number of benzene rings is 1. The second-order valence-corrected chi connectivity index (χ2v) is 8.82. The molecular weight excluding hydrogens is 420 g/mol. The van der Waals surface area contributed by atoms with Crippen LogP contribution < -0.4 is 14.8 Å². The molecule has 3 aliphatic rings. The van der Waals surface area contributed by atoms with Crippen LogP contribution in [-0.2, 0) is 33.8 Å². The zero-order chi connectivity index (χ0) is 21.5. The van der Waals surface area contributed by atoms with Crippen LogP contribution in [0.2, 0.25) is 0 Å². The number of ether oxygens (including phenoxy) is 2. The van der Waals surface area contributed by atoms with Crippen LogP contribution in [0.3, 0.4) is 0 Å². The van der Waals surface area contributed by atoms with Crippen molar-refractivity contribution in [2.24, 2.45) is 0 Å². The Hall–Kier alpha value is -3.20. The molecule has 5 rings (SSSR count). The molecule has 1 N–H and O–H groups in total. The standard InChI is InChI=1S/C22H20N2O6S/c25-13(7-12-1-4-17-18(8-12)30-11-29-17)2-5-19-14-9-24(22(28)15(14)10-31-19)16-3-6-20(26)23-21(16)27/h1,4,8,10,16H,2-3,5-7,9,11H2,(H,23,26,27). The molecule has 1 aromatic carbocycles. The van der Waals surface area contributed by atoms with E-state index in [0.717, 1.165) is 16.0 Å². The molecule has 3 aliphatic heterocycles. The zero-order valence-corrected chi connectivity index (χ0v) is 17.5. The van der Waals surface area contributed by atoms with Gasteiger partial charge in [-0.05, 0) is 36.1 Å². The van der Waals surface area contributed by atoms with Gasteiger partial charge in [0.1, 0.15) is 11.8 Å². The maximum Gasteiger partial charge on any atom is 0.256 e. The van der Waals surface area contributed by atoms with Crippen LogP contribution in [0.25, 0.3) is 0 Å². The molecule has 1 saturated heterocycles. The number of carbonyl (C=O) groups excluding carboxylic acids is 4. The Bertz CT molecular complexity index is 1110. The highest BCUT2D eigenvalue weighted by Crippen LogP contribution is 2.35. The number of hydrogen-bond donors (Lipinski definition) is 1. The summed E-state index contributed by atoms with van der Waals surface area (Å²) >= 11 is 1.48. The molecule has 8 nitrogen and oxygen atoms in total. The summed E-state index contributed by atoms with van der Waals surface area (Å²) in [5.74, 6) is 0.553. The number of aryl methyl sites for hydroxylation is 1. The summed E-state index contributed by atoms with van der Waals surface area (Å²) in [5.41, 5.74) is 2.38. The molecular formula is C22H20N2O6S. The van der Waals surface area contributed by atoms with E-state index in [1.807, 2.05) is 18.2 Å². The van der Waals surface area contributed by atoms with Crippen molar-refractivity contribution in [3.05, 3.63) is 45.1 Å². The summed E-state index contributed by atoms with van der Waals surface area (Å²) < 4.78 is 10.6. The number of imide groups is 1. The molecule has 1 fully saturated rings. The van der Waals surface area contributed by atoms with Crippen molar-refractivity contribution in [1.29, 1.82) is 0 Å². The van der Waals surface area contributed by atoms with Gasteiger partial charge in [-0.1, -0.05) is 6.07 Å². The van der Waals surface area contributed by atoms with Crippen molar-refractivity contribution in [3.63, 3.8) is 0 Å². The predicted octanol–water partition coefficient (Wildman–Crippen LogP) is 1.98. The quantitative estimate of drug-likeness (QED) is 0.690. The highest BCUT2D eigenvalue weighted by Gasteiger charge is 2.40. The van der Waals surface area contributed by atoms with Crippen molar-refractivity contribution in [1.82, 2.24) is 10.2 Å². The summed E-state index contributed by atoms with van der Waals surface area (Å²) in [6.07, 6.45) is 1.81. The lowest BCUT2D eigenvalue weighted by Crippen LogP contribution is -2.52. The third-order valence-corrected chi connectivity index (χ3v) is 6.94. The van der Waals surface area contributed by atoms with E-state index >= 15 is 0 Å². The van der Waals surface area contributed by atoms with Gasteiger partial charge in [0.2, 0.25) is 18.6 Å². The van der Waals surface area contributed by atoms with E-state index < -0.39 is 11.9 Å². The van der Waals surface area contributed by atoms with E-state index in [1.165, 1.54) is 16.2 Å². The number of thiophene rings is 1. The van der Waals surface area contributed by atoms with Gasteiger partial charge in [-0.3, -0.25) is 24.5 Å². The number of nitrogens with zero attached hydrogens (tertiary/aromatic N) is 1. The third-order valence-electron chi connectivity index (χ3n) is 5.86. The fourth-order valence-electron chi connectivity index (χ4n) is 4.23. The Labute approximate surface area is 182 Å². The molecule has 1 atom stereocenters. The van der Waals surface area contributed by atoms with Gasteiger partial charge < -0.3 is 14.4 Å².